The molecule has 1 aromatic rings. The lowest BCUT2D eigenvalue weighted by Crippen LogP contribution is -2.31. The van der Waals surface area contributed by atoms with E-state index in [2.05, 4.69) is 9.78 Å². The van der Waals surface area contributed by atoms with Gasteiger partial charge >= 0.3 is 0 Å². The Morgan fingerprint density at radius 1 is 1.12 bits per heavy atom. The summed E-state index contributed by atoms with van der Waals surface area (Å²) >= 11 is 0. The first-order valence-electron chi connectivity index (χ1n) is 6.52. The van der Waals surface area contributed by atoms with Gasteiger partial charge in [0, 0.05) is 24.9 Å². The van der Waals surface area contributed by atoms with Crippen LogP contribution in [0.3, 0.4) is 0 Å². The van der Waals surface area contributed by atoms with E-state index in [9.17, 15) is 0 Å². The molecule has 2 heterocycles. The Balaban J connectivity index is 1.80. The molecule has 2 aliphatic rings. The maximum absolute atomic E-state index is 5.96. The second-order valence-corrected chi connectivity index (χ2v) is 5.20. The zero-order chi connectivity index (χ0) is 11.0. The van der Waals surface area contributed by atoms with Gasteiger partial charge in [-0.2, -0.15) is 5.10 Å². The predicted molar refractivity (Wildman–Crippen MR) is 62.1 cm³/mol. The first kappa shape index (κ1) is 10.3. The lowest BCUT2D eigenvalue weighted by atomic mass is 9.89. The van der Waals surface area contributed by atoms with Crippen LogP contribution in [0.15, 0.2) is 0 Å². The summed E-state index contributed by atoms with van der Waals surface area (Å²) < 4.78 is 2.08. The van der Waals surface area contributed by atoms with Crippen molar-refractivity contribution in [2.24, 2.45) is 5.73 Å². The highest BCUT2D eigenvalue weighted by atomic mass is 15.4. The molecule has 1 aliphatic carbocycles. The number of aryl methyl sites for hydroxylation is 1. The third kappa shape index (κ3) is 1.86. The zero-order valence-electron chi connectivity index (χ0n) is 9.73. The van der Waals surface area contributed by atoms with E-state index in [0.717, 1.165) is 31.0 Å². The number of hydrogen-bond acceptors (Lipinski definition) is 3. The van der Waals surface area contributed by atoms with Gasteiger partial charge in [0.25, 0.3) is 0 Å². The molecule has 1 aliphatic heterocycles. The number of aromatic nitrogens is 3. The summed E-state index contributed by atoms with van der Waals surface area (Å²) in [5.74, 6) is 2.81. The van der Waals surface area contributed by atoms with Gasteiger partial charge < -0.3 is 5.73 Å². The summed E-state index contributed by atoms with van der Waals surface area (Å²) in [4.78, 5) is 4.70. The molecule has 3 rings (SSSR count). The minimum Gasteiger partial charge on any atom is -0.327 e. The Labute approximate surface area is 96.2 Å². The highest BCUT2D eigenvalue weighted by Crippen LogP contribution is 2.31. The third-order valence-electron chi connectivity index (χ3n) is 3.89. The van der Waals surface area contributed by atoms with Gasteiger partial charge in [-0.1, -0.05) is 19.3 Å². The van der Waals surface area contributed by atoms with Crippen molar-refractivity contribution in [3.8, 4) is 0 Å². The van der Waals surface area contributed by atoms with E-state index < -0.39 is 0 Å². The van der Waals surface area contributed by atoms with Crippen LogP contribution >= 0.6 is 0 Å². The summed E-state index contributed by atoms with van der Waals surface area (Å²) in [5.41, 5.74) is 5.96. The van der Waals surface area contributed by atoms with Crippen molar-refractivity contribution in [2.45, 2.75) is 63.5 Å². The van der Waals surface area contributed by atoms with Gasteiger partial charge in [0.2, 0.25) is 0 Å². The van der Waals surface area contributed by atoms with Crippen LogP contribution in [-0.4, -0.2) is 20.8 Å². The van der Waals surface area contributed by atoms with Gasteiger partial charge in [-0.15, -0.1) is 0 Å². The SMILES string of the molecule is NC1CCn2nc(C3CCCCC3)nc2C1. The number of nitrogens with zero attached hydrogens (tertiary/aromatic N) is 3. The second-order valence-electron chi connectivity index (χ2n) is 5.20. The molecule has 16 heavy (non-hydrogen) atoms. The fraction of sp³-hybridized carbons (Fsp3) is 0.833. The number of fused-ring (bicyclic) bond motifs is 1. The van der Waals surface area contributed by atoms with Crippen LogP contribution in [0.5, 0.6) is 0 Å². The molecule has 4 nitrogen and oxygen atoms in total. The van der Waals surface area contributed by atoms with Crippen molar-refractivity contribution in [1.82, 2.24) is 14.8 Å². The molecule has 1 saturated carbocycles. The molecule has 0 aromatic carbocycles. The minimum absolute atomic E-state index is 0.288. The van der Waals surface area contributed by atoms with Gasteiger partial charge in [-0.05, 0) is 19.3 Å². The van der Waals surface area contributed by atoms with Crippen molar-refractivity contribution in [3.05, 3.63) is 11.6 Å². The summed E-state index contributed by atoms with van der Waals surface area (Å²) in [6, 6.07) is 0.288. The fourth-order valence-electron chi connectivity index (χ4n) is 2.88. The molecular weight excluding hydrogens is 200 g/mol. The molecule has 0 amide bonds. The lowest BCUT2D eigenvalue weighted by molar-refractivity contribution is 0.415. The van der Waals surface area contributed by atoms with Crippen LogP contribution in [0.4, 0.5) is 0 Å². The number of hydrogen-bond donors (Lipinski definition) is 1. The summed E-state index contributed by atoms with van der Waals surface area (Å²) in [7, 11) is 0. The van der Waals surface area contributed by atoms with E-state index in [4.69, 9.17) is 10.7 Å². The maximum atomic E-state index is 5.96. The van der Waals surface area contributed by atoms with Crippen LogP contribution in [0.25, 0.3) is 0 Å². The Morgan fingerprint density at radius 2 is 1.94 bits per heavy atom. The quantitative estimate of drug-likeness (QED) is 0.782. The first-order valence-corrected chi connectivity index (χ1v) is 6.52. The molecular formula is C12H20N4. The average Bonchev–Trinajstić information content (AvgIpc) is 2.73. The Hall–Kier alpha value is -0.900. The van der Waals surface area contributed by atoms with Crippen LogP contribution in [0.1, 0.15) is 56.1 Å². The standard InChI is InChI=1S/C12H20N4/c13-10-6-7-16-11(8-10)14-12(15-16)9-4-2-1-3-5-9/h9-10H,1-8,13H2. The van der Waals surface area contributed by atoms with Crippen molar-refractivity contribution in [3.63, 3.8) is 0 Å². The molecule has 4 heteroatoms. The highest BCUT2D eigenvalue weighted by Gasteiger charge is 2.24. The lowest BCUT2D eigenvalue weighted by Gasteiger charge is -2.18. The molecule has 1 aromatic heterocycles. The van der Waals surface area contributed by atoms with Crippen LogP contribution in [0, 0.1) is 0 Å². The van der Waals surface area contributed by atoms with Crippen molar-refractivity contribution < 1.29 is 0 Å². The normalized spacial score (nSPS) is 26.7. The summed E-state index contributed by atoms with van der Waals surface area (Å²) in [5, 5.41) is 4.66. The molecule has 1 fully saturated rings. The monoisotopic (exact) mass is 220 g/mol. The van der Waals surface area contributed by atoms with Crippen molar-refractivity contribution in [2.75, 3.05) is 0 Å². The van der Waals surface area contributed by atoms with E-state index in [1.54, 1.807) is 0 Å². The molecule has 0 radical (unpaired) electrons. The first-order chi connectivity index (χ1) is 7.83. The Bertz CT molecular complexity index is 365. The predicted octanol–water partition coefficient (Wildman–Crippen LogP) is 1.60. The molecule has 0 bridgehead atoms. The van der Waals surface area contributed by atoms with Crippen molar-refractivity contribution in [1.29, 1.82) is 0 Å². The third-order valence-corrected chi connectivity index (χ3v) is 3.89. The average molecular weight is 220 g/mol. The van der Waals surface area contributed by atoms with E-state index in [0.29, 0.717) is 5.92 Å². The van der Waals surface area contributed by atoms with Crippen LogP contribution < -0.4 is 5.73 Å². The fourth-order valence-corrected chi connectivity index (χ4v) is 2.88. The molecule has 2 N–H and O–H groups in total. The van der Waals surface area contributed by atoms with Crippen molar-refractivity contribution >= 4 is 0 Å². The van der Waals surface area contributed by atoms with Gasteiger partial charge in [0.05, 0.1) is 0 Å². The Morgan fingerprint density at radius 3 is 2.75 bits per heavy atom. The molecule has 88 valence electrons. The van der Waals surface area contributed by atoms with E-state index in [1.807, 2.05) is 0 Å². The van der Waals surface area contributed by atoms with Crippen LogP contribution in [0.2, 0.25) is 0 Å². The minimum atomic E-state index is 0.288. The second kappa shape index (κ2) is 4.17. The summed E-state index contributed by atoms with van der Waals surface area (Å²) in [6.07, 6.45) is 8.56. The van der Waals surface area contributed by atoms with E-state index in [-0.39, 0.29) is 6.04 Å². The number of rotatable bonds is 1. The van der Waals surface area contributed by atoms with Gasteiger partial charge in [0.15, 0.2) is 5.82 Å². The van der Waals surface area contributed by atoms with Crippen LogP contribution in [-0.2, 0) is 13.0 Å². The topological polar surface area (TPSA) is 56.7 Å². The molecule has 0 saturated heterocycles. The van der Waals surface area contributed by atoms with Gasteiger partial charge in [-0.3, -0.25) is 0 Å². The van der Waals surface area contributed by atoms with E-state index >= 15 is 0 Å². The molecule has 1 atom stereocenters. The van der Waals surface area contributed by atoms with Gasteiger partial charge in [-0.25, -0.2) is 9.67 Å². The maximum Gasteiger partial charge on any atom is 0.154 e. The largest absolute Gasteiger partial charge is 0.327 e. The smallest absolute Gasteiger partial charge is 0.154 e. The zero-order valence-corrected chi connectivity index (χ0v) is 9.73. The van der Waals surface area contributed by atoms with Gasteiger partial charge in [0.1, 0.15) is 5.82 Å². The Kier molecular flexibility index (Phi) is 2.67. The van der Waals surface area contributed by atoms with E-state index in [1.165, 1.54) is 32.1 Å². The molecule has 0 spiro atoms. The highest BCUT2D eigenvalue weighted by molar-refractivity contribution is 5.03. The summed E-state index contributed by atoms with van der Waals surface area (Å²) in [6.45, 7) is 0.955. The number of nitrogens with two attached hydrogens (primary N) is 1. The molecule has 1 unspecified atom stereocenters.